The summed E-state index contributed by atoms with van der Waals surface area (Å²) < 4.78 is 16.5. The maximum atomic E-state index is 12.4. The number of amides is 1. The first-order chi connectivity index (χ1) is 15.7. The number of methoxy groups -OCH3 is 2. The van der Waals surface area contributed by atoms with Crippen molar-refractivity contribution in [2.75, 3.05) is 58.4 Å². The average Bonchev–Trinajstić information content (AvgIpc) is 3.29. The normalized spacial score (nSPS) is 13.6. The molecule has 1 amide bonds. The van der Waals surface area contributed by atoms with E-state index in [2.05, 4.69) is 27.2 Å². The zero-order valence-corrected chi connectivity index (χ0v) is 21.3. The van der Waals surface area contributed by atoms with Crippen LogP contribution >= 0.6 is 24.8 Å². The molecular weight excluding hydrogens is 477 g/mol. The number of halogens is 2. The van der Waals surface area contributed by atoms with Gasteiger partial charge in [-0.2, -0.15) is 0 Å². The topological polar surface area (TPSA) is 67.2 Å². The van der Waals surface area contributed by atoms with Gasteiger partial charge in [0.25, 0.3) is 5.91 Å². The minimum absolute atomic E-state index is 0. The lowest BCUT2D eigenvalue weighted by molar-refractivity contribution is 0.0927. The molecule has 1 aliphatic rings. The lowest BCUT2D eigenvalue weighted by atomic mass is 10.2. The van der Waals surface area contributed by atoms with Crippen LogP contribution in [0.4, 0.5) is 5.69 Å². The van der Waals surface area contributed by atoms with Crippen molar-refractivity contribution < 1.29 is 18.7 Å². The molecule has 9 heteroatoms. The first-order valence-electron chi connectivity index (χ1n) is 11.1. The number of nitrogens with one attached hydrogen (secondary N) is 1. The summed E-state index contributed by atoms with van der Waals surface area (Å²) in [5.41, 5.74) is 1.77. The van der Waals surface area contributed by atoms with E-state index in [1.807, 2.05) is 30.3 Å². The molecule has 0 aliphatic carbocycles. The lowest BCUT2D eigenvalue weighted by Gasteiger charge is -2.36. The third-order valence-corrected chi connectivity index (χ3v) is 5.94. The summed E-state index contributed by atoms with van der Waals surface area (Å²) in [4.78, 5) is 17.3. The Morgan fingerprint density at radius 2 is 1.65 bits per heavy atom. The molecule has 1 aromatic heterocycles. The summed E-state index contributed by atoms with van der Waals surface area (Å²) in [6, 6.07) is 15.6. The van der Waals surface area contributed by atoms with Crippen molar-refractivity contribution in [3.8, 4) is 11.5 Å². The van der Waals surface area contributed by atoms with E-state index in [1.165, 1.54) is 5.69 Å². The molecule has 186 valence electrons. The molecule has 7 nitrogen and oxygen atoms in total. The Morgan fingerprint density at radius 3 is 2.38 bits per heavy atom. The van der Waals surface area contributed by atoms with Crippen LogP contribution in [0.15, 0.2) is 52.9 Å². The predicted octanol–water partition coefficient (Wildman–Crippen LogP) is 4.63. The van der Waals surface area contributed by atoms with Gasteiger partial charge in [-0.1, -0.05) is 24.3 Å². The predicted molar refractivity (Wildman–Crippen MR) is 140 cm³/mol. The van der Waals surface area contributed by atoms with Gasteiger partial charge in [-0.25, -0.2) is 0 Å². The molecule has 0 saturated carbocycles. The van der Waals surface area contributed by atoms with Crippen molar-refractivity contribution in [3.63, 3.8) is 0 Å². The molecule has 2 aromatic carbocycles. The molecule has 0 spiro atoms. The number of furan rings is 1. The second kappa shape index (κ2) is 13.3. The zero-order valence-electron chi connectivity index (χ0n) is 19.6. The summed E-state index contributed by atoms with van der Waals surface area (Å²) >= 11 is 0. The number of unbranched alkanes of at least 4 members (excludes halogenated alkanes) is 1. The highest BCUT2D eigenvalue weighted by atomic mass is 35.5. The molecule has 1 fully saturated rings. The van der Waals surface area contributed by atoms with Gasteiger partial charge in [0.2, 0.25) is 0 Å². The van der Waals surface area contributed by atoms with E-state index in [4.69, 9.17) is 13.9 Å². The summed E-state index contributed by atoms with van der Waals surface area (Å²) in [6.07, 6.45) is 1.98. The number of ether oxygens (including phenoxy) is 2. The van der Waals surface area contributed by atoms with E-state index in [0.717, 1.165) is 56.7 Å². The fraction of sp³-hybridized carbons (Fsp3) is 0.400. The Balaban J connectivity index is 0.00000204. The van der Waals surface area contributed by atoms with Crippen LogP contribution in [0, 0.1) is 0 Å². The van der Waals surface area contributed by atoms with Crippen molar-refractivity contribution in [3.05, 3.63) is 54.3 Å². The van der Waals surface area contributed by atoms with E-state index < -0.39 is 0 Å². The Kier molecular flexibility index (Phi) is 10.8. The van der Waals surface area contributed by atoms with E-state index in [9.17, 15) is 4.79 Å². The van der Waals surface area contributed by atoms with Crippen LogP contribution < -0.4 is 19.7 Å². The second-order valence-electron chi connectivity index (χ2n) is 7.95. The molecule has 3 aromatic rings. The number of hydrogen-bond acceptors (Lipinski definition) is 6. The highest BCUT2D eigenvalue weighted by Gasteiger charge is 2.19. The minimum atomic E-state index is -0.186. The summed E-state index contributed by atoms with van der Waals surface area (Å²) in [5.74, 6) is 1.69. The minimum Gasteiger partial charge on any atom is -0.495 e. The number of benzene rings is 2. The first kappa shape index (κ1) is 27.6. The van der Waals surface area contributed by atoms with Crippen LogP contribution in [0.25, 0.3) is 11.0 Å². The summed E-state index contributed by atoms with van der Waals surface area (Å²) in [5, 5.41) is 3.82. The second-order valence-corrected chi connectivity index (χ2v) is 7.95. The smallest absolute Gasteiger partial charge is 0.287 e. The molecule has 4 rings (SSSR count). The van der Waals surface area contributed by atoms with Crippen molar-refractivity contribution in [1.29, 1.82) is 0 Å². The number of fused-ring (bicyclic) bond motifs is 1. The van der Waals surface area contributed by atoms with Gasteiger partial charge in [0, 0.05) is 38.1 Å². The summed E-state index contributed by atoms with van der Waals surface area (Å²) in [6.45, 7) is 5.72. The number of piperazine rings is 1. The third-order valence-electron chi connectivity index (χ3n) is 5.94. The standard InChI is InChI=1S/C25H31N3O4.2ClH/c1-30-21-10-4-3-9-20(21)28-16-14-27(15-17-28)13-6-5-12-26-25(29)23-18-19-8-7-11-22(31-2)24(19)32-23;;/h3-4,7-11,18H,5-6,12-17H2,1-2H3,(H,26,29);2*1H. The van der Waals surface area contributed by atoms with Gasteiger partial charge in [-0.05, 0) is 43.7 Å². The Hall–Kier alpha value is -2.61. The number of hydrogen-bond donors (Lipinski definition) is 1. The molecule has 1 saturated heterocycles. The Labute approximate surface area is 213 Å². The van der Waals surface area contributed by atoms with Crippen LogP contribution in [0.3, 0.4) is 0 Å². The highest BCUT2D eigenvalue weighted by Crippen LogP contribution is 2.29. The van der Waals surface area contributed by atoms with Crippen LogP contribution in [-0.2, 0) is 0 Å². The number of carbonyl (C=O) groups excluding carboxylic acids is 1. The van der Waals surface area contributed by atoms with Gasteiger partial charge in [0.05, 0.1) is 19.9 Å². The van der Waals surface area contributed by atoms with Crippen molar-refractivity contribution >= 4 is 47.4 Å². The maximum Gasteiger partial charge on any atom is 0.287 e. The van der Waals surface area contributed by atoms with Crippen LogP contribution in [0.2, 0.25) is 0 Å². The number of anilines is 1. The van der Waals surface area contributed by atoms with E-state index >= 15 is 0 Å². The Morgan fingerprint density at radius 1 is 0.941 bits per heavy atom. The zero-order chi connectivity index (χ0) is 22.3. The molecule has 0 unspecified atom stereocenters. The molecule has 34 heavy (non-hydrogen) atoms. The van der Waals surface area contributed by atoms with Crippen LogP contribution in [0.5, 0.6) is 11.5 Å². The van der Waals surface area contributed by atoms with Crippen LogP contribution in [-0.4, -0.2) is 64.3 Å². The average molecular weight is 510 g/mol. The monoisotopic (exact) mass is 509 g/mol. The van der Waals surface area contributed by atoms with Gasteiger partial charge in [-0.15, -0.1) is 24.8 Å². The molecule has 2 heterocycles. The molecule has 1 N–H and O–H groups in total. The number of rotatable bonds is 9. The summed E-state index contributed by atoms with van der Waals surface area (Å²) in [7, 11) is 3.31. The fourth-order valence-electron chi connectivity index (χ4n) is 4.16. The molecule has 0 atom stereocenters. The van der Waals surface area contributed by atoms with Crippen molar-refractivity contribution in [1.82, 2.24) is 10.2 Å². The quantitative estimate of drug-likeness (QED) is 0.424. The molecular formula is C25H33Cl2N3O4. The van der Waals surface area contributed by atoms with Gasteiger partial charge >= 0.3 is 0 Å². The van der Waals surface area contributed by atoms with Crippen molar-refractivity contribution in [2.24, 2.45) is 0 Å². The van der Waals surface area contributed by atoms with E-state index in [0.29, 0.717) is 23.6 Å². The van der Waals surface area contributed by atoms with Crippen LogP contribution in [0.1, 0.15) is 23.4 Å². The fourth-order valence-corrected chi connectivity index (χ4v) is 4.16. The molecule has 1 aliphatic heterocycles. The van der Waals surface area contributed by atoms with Gasteiger partial charge in [-0.3, -0.25) is 9.69 Å². The maximum absolute atomic E-state index is 12.4. The first-order valence-corrected chi connectivity index (χ1v) is 11.1. The Bertz CT molecular complexity index is 1050. The molecule has 0 bridgehead atoms. The lowest BCUT2D eigenvalue weighted by Crippen LogP contribution is -2.46. The largest absolute Gasteiger partial charge is 0.495 e. The van der Waals surface area contributed by atoms with Gasteiger partial charge < -0.3 is 24.1 Å². The SMILES string of the molecule is COc1ccccc1N1CCN(CCCCNC(=O)c2cc3cccc(OC)c3o2)CC1.Cl.Cl. The highest BCUT2D eigenvalue weighted by molar-refractivity contribution is 5.97. The van der Waals surface area contributed by atoms with Crippen molar-refractivity contribution in [2.45, 2.75) is 12.8 Å². The number of carbonyl (C=O) groups is 1. The number of nitrogens with zero attached hydrogens (tertiary/aromatic N) is 2. The van der Waals surface area contributed by atoms with E-state index in [-0.39, 0.29) is 30.7 Å². The third kappa shape index (κ3) is 6.50. The van der Waals surface area contributed by atoms with Gasteiger partial charge in [0.1, 0.15) is 5.75 Å². The molecule has 0 radical (unpaired) electrons. The number of para-hydroxylation sites is 3. The van der Waals surface area contributed by atoms with Gasteiger partial charge in [0.15, 0.2) is 17.1 Å². The van der Waals surface area contributed by atoms with E-state index in [1.54, 1.807) is 20.3 Å².